The lowest BCUT2D eigenvalue weighted by Crippen LogP contribution is -2.46. The molecule has 1 heterocycles. The highest BCUT2D eigenvalue weighted by Crippen LogP contribution is 2.11. The zero-order chi connectivity index (χ0) is 18.2. The van der Waals surface area contributed by atoms with Crippen molar-refractivity contribution in [3.63, 3.8) is 0 Å². The van der Waals surface area contributed by atoms with Crippen molar-refractivity contribution in [3.8, 4) is 0 Å². The summed E-state index contributed by atoms with van der Waals surface area (Å²) in [6.45, 7) is 8.02. The van der Waals surface area contributed by atoms with Gasteiger partial charge in [0.2, 0.25) is 0 Å². The van der Waals surface area contributed by atoms with Gasteiger partial charge >= 0.3 is 0 Å². The monoisotopic (exact) mass is 354 g/mol. The summed E-state index contributed by atoms with van der Waals surface area (Å²) in [5.41, 5.74) is 0.277. The van der Waals surface area contributed by atoms with Crippen LogP contribution in [-0.2, 0) is 11.3 Å². The van der Waals surface area contributed by atoms with Crippen molar-refractivity contribution in [1.29, 1.82) is 0 Å². The topological polar surface area (TPSA) is 48.9 Å². The summed E-state index contributed by atoms with van der Waals surface area (Å²) in [4.78, 5) is 6.51. The lowest BCUT2D eigenvalue weighted by Gasteiger charge is -2.35. The van der Waals surface area contributed by atoms with Crippen LogP contribution in [0, 0.1) is 11.6 Å². The first-order valence-corrected chi connectivity index (χ1v) is 8.74. The third-order valence-electron chi connectivity index (χ3n) is 4.12. The SMILES string of the molecule is CN=C(NCCCN1CC(C)OC(C)C1)NCc1cc(F)ccc1F. The molecule has 1 aliphatic rings. The Morgan fingerprint density at radius 3 is 2.64 bits per heavy atom. The van der Waals surface area contributed by atoms with E-state index in [-0.39, 0.29) is 24.3 Å². The minimum absolute atomic E-state index is 0.182. The lowest BCUT2D eigenvalue weighted by molar-refractivity contribution is -0.0679. The smallest absolute Gasteiger partial charge is 0.191 e. The van der Waals surface area contributed by atoms with Gasteiger partial charge in [-0.2, -0.15) is 0 Å². The first kappa shape index (κ1) is 19.6. The molecule has 0 bridgehead atoms. The Kier molecular flexibility index (Phi) is 7.58. The average Bonchev–Trinajstić information content (AvgIpc) is 2.56. The molecule has 140 valence electrons. The zero-order valence-corrected chi connectivity index (χ0v) is 15.2. The predicted molar refractivity (Wildman–Crippen MR) is 95.6 cm³/mol. The molecule has 1 aromatic rings. The average molecular weight is 354 g/mol. The second kappa shape index (κ2) is 9.68. The van der Waals surface area contributed by atoms with Crippen LogP contribution in [0.25, 0.3) is 0 Å². The highest BCUT2D eigenvalue weighted by molar-refractivity contribution is 5.79. The molecule has 0 saturated carbocycles. The molecule has 1 saturated heterocycles. The van der Waals surface area contributed by atoms with Gasteiger partial charge in [0, 0.05) is 45.3 Å². The van der Waals surface area contributed by atoms with Crippen LogP contribution in [-0.4, -0.2) is 56.3 Å². The van der Waals surface area contributed by atoms with Gasteiger partial charge in [0.1, 0.15) is 11.6 Å². The molecule has 2 unspecified atom stereocenters. The number of guanidine groups is 1. The maximum atomic E-state index is 13.6. The van der Waals surface area contributed by atoms with Crippen LogP contribution >= 0.6 is 0 Å². The van der Waals surface area contributed by atoms with E-state index in [1.807, 2.05) is 0 Å². The Morgan fingerprint density at radius 2 is 1.96 bits per heavy atom. The molecule has 1 aliphatic heterocycles. The highest BCUT2D eigenvalue weighted by Gasteiger charge is 2.21. The van der Waals surface area contributed by atoms with Gasteiger partial charge in [0.05, 0.1) is 12.2 Å². The van der Waals surface area contributed by atoms with Gasteiger partial charge in [-0.05, 0) is 38.5 Å². The van der Waals surface area contributed by atoms with Crippen LogP contribution < -0.4 is 10.6 Å². The fraction of sp³-hybridized carbons (Fsp3) is 0.611. The minimum Gasteiger partial charge on any atom is -0.373 e. The Labute approximate surface area is 148 Å². The maximum Gasteiger partial charge on any atom is 0.191 e. The predicted octanol–water partition coefficient (Wildman–Crippen LogP) is 2.13. The van der Waals surface area contributed by atoms with Crippen LogP contribution in [0.1, 0.15) is 25.8 Å². The molecule has 0 aromatic heterocycles. The van der Waals surface area contributed by atoms with Crippen LogP contribution in [0.2, 0.25) is 0 Å². The van der Waals surface area contributed by atoms with E-state index in [1.54, 1.807) is 7.05 Å². The molecule has 5 nitrogen and oxygen atoms in total. The normalized spacial score (nSPS) is 22.0. The molecule has 1 fully saturated rings. The first-order chi connectivity index (χ1) is 12.0. The van der Waals surface area contributed by atoms with E-state index in [2.05, 4.69) is 34.4 Å². The van der Waals surface area contributed by atoms with Crippen molar-refractivity contribution < 1.29 is 13.5 Å². The van der Waals surface area contributed by atoms with Gasteiger partial charge in [-0.3, -0.25) is 9.89 Å². The van der Waals surface area contributed by atoms with Crippen molar-refractivity contribution in [2.24, 2.45) is 4.99 Å². The number of halogens is 2. The molecule has 0 amide bonds. The van der Waals surface area contributed by atoms with Crippen molar-refractivity contribution in [2.75, 3.05) is 33.2 Å². The lowest BCUT2D eigenvalue weighted by atomic mass is 10.2. The molecule has 7 heteroatoms. The van der Waals surface area contributed by atoms with Crippen molar-refractivity contribution in [1.82, 2.24) is 15.5 Å². The Balaban J connectivity index is 1.69. The third kappa shape index (κ3) is 6.59. The number of aliphatic imine (C=N–C) groups is 1. The van der Waals surface area contributed by atoms with E-state index in [0.29, 0.717) is 5.96 Å². The Hall–Kier alpha value is -1.73. The van der Waals surface area contributed by atoms with Crippen LogP contribution in [0.5, 0.6) is 0 Å². The molecule has 0 aliphatic carbocycles. The number of nitrogens with one attached hydrogen (secondary N) is 2. The number of hydrogen-bond acceptors (Lipinski definition) is 3. The van der Waals surface area contributed by atoms with E-state index in [9.17, 15) is 8.78 Å². The summed E-state index contributed by atoms with van der Waals surface area (Å²) in [5, 5.41) is 6.21. The summed E-state index contributed by atoms with van der Waals surface area (Å²) in [7, 11) is 1.66. The van der Waals surface area contributed by atoms with E-state index in [0.717, 1.165) is 44.7 Å². The quantitative estimate of drug-likeness (QED) is 0.467. The van der Waals surface area contributed by atoms with Gasteiger partial charge < -0.3 is 15.4 Å². The molecular formula is C18H28F2N4O. The van der Waals surface area contributed by atoms with Gasteiger partial charge in [-0.15, -0.1) is 0 Å². The minimum atomic E-state index is -0.449. The van der Waals surface area contributed by atoms with Gasteiger partial charge in [0.15, 0.2) is 5.96 Å². The second-order valence-corrected chi connectivity index (χ2v) is 6.46. The van der Waals surface area contributed by atoms with E-state index >= 15 is 0 Å². The fourth-order valence-electron chi connectivity index (χ4n) is 3.05. The summed E-state index contributed by atoms with van der Waals surface area (Å²) in [6, 6.07) is 3.43. The molecule has 1 aromatic carbocycles. The zero-order valence-electron chi connectivity index (χ0n) is 15.2. The number of benzene rings is 1. The molecule has 0 spiro atoms. The van der Waals surface area contributed by atoms with E-state index in [4.69, 9.17) is 4.74 Å². The largest absolute Gasteiger partial charge is 0.373 e. The van der Waals surface area contributed by atoms with Gasteiger partial charge in [-0.25, -0.2) is 8.78 Å². The van der Waals surface area contributed by atoms with Crippen LogP contribution in [0.3, 0.4) is 0 Å². The van der Waals surface area contributed by atoms with Crippen molar-refractivity contribution in [2.45, 2.75) is 39.0 Å². The number of morpholine rings is 1. The third-order valence-corrected chi connectivity index (χ3v) is 4.12. The molecule has 2 rings (SSSR count). The van der Waals surface area contributed by atoms with E-state index < -0.39 is 11.6 Å². The molecule has 0 radical (unpaired) electrons. The summed E-state index contributed by atoms with van der Waals surface area (Å²) in [6.07, 6.45) is 1.51. The van der Waals surface area contributed by atoms with Gasteiger partial charge in [0.25, 0.3) is 0 Å². The molecule has 2 N–H and O–H groups in total. The molecular weight excluding hydrogens is 326 g/mol. The van der Waals surface area contributed by atoms with Crippen molar-refractivity contribution >= 4 is 5.96 Å². The van der Waals surface area contributed by atoms with Crippen LogP contribution in [0.15, 0.2) is 23.2 Å². The Bertz CT molecular complexity index is 572. The number of rotatable bonds is 6. The van der Waals surface area contributed by atoms with Crippen LogP contribution in [0.4, 0.5) is 8.78 Å². The summed E-state index contributed by atoms with van der Waals surface area (Å²) < 4.78 is 32.5. The number of nitrogens with zero attached hydrogens (tertiary/aromatic N) is 2. The molecule has 2 atom stereocenters. The number of hydrogen-bond donors (Lipinski definition) is 2. The maximum absolute atomic E-state index is 13.6. The van der Waals surface area contributed by atoms with Gasteiger partial charge in [-0.1, -0.05) is 0 Å². The first-order valence-electron chi connectivity index (χ1n) is 8.74. The standard InChI is InChI=1S/C18H28F2N4O/c1-13-11-24(12-14(2)25-13)8-4-7-22-18(21-3)23-10-15-9-16(19)5-6-17(15)20/h5-6,9,13-14H,4,7-8,10-12H2,1-3H3,(H2,21,22,23). The van der Waals surface area contributed by atoms with Crippen molar-refractivity contribution in [3.05, 3.63) is 35.4 Å². The summed E-state index contributed by atoms with van der Waals surface area (Å²) >= 11 is 0. The fourth-order valence-corrected chi connectivity index (χ4v) is 3.05. The molecule has 25 heavy (non-hydrogen) atoms. The van der Waals surface area contributed by atoms with E-state index in [1.165, 1.54) is 6.07 Å². The number of ether oxygens (including phenoxy) is 1. The highest BCUT2D eigenvalue weighted by atomic mass is 19.1. The Morgan fingerprint density at radius 1 is 1.24 bits per heavy atom. The second-order valence-electron chi connectivity index (χ2n) is 6.46. The summed E-state index contributed by atoms with van der Waals surface area (Å²) in [5.74, 6) is -0.303.